The van der Waals surface area contributed by atoms with E-state index >= 15 is 0 Å². The molecule has 6 nitrogen and oxygen atoms in total. The highest BCUT2D eigenvalue weighted by Gasteiger charge is 2.19. The van der Waals surface area contributed by atoms with E-state index in [0.717, 1.165) is 52.3 Å². The van der Waals surface area contributed by atoms with Gasteiger partial charge in [0.1, 0.15) is 11.6 Å². The zero-order valence-electron chi connectivity index (χ0n) is 19.6. The average molecular weight is 421 g/mol. The zero-order valence-corrected chi connectivity index (χ0v) is 19.6. The van der Waals surface area contributed by atoms with Crippen molar-refractivity contribution in [1.29, 1.82) is 5.26 Å². The van der Waals surface area contributed by atoms with Crippen LogP contribution in [0.4, 0.5) is 5.69 Å². The van der Waals surface area contributed by atoms with Crippen molar-refractivity contribution in [3.8, 4) is 6.07 Å². The maximum absolute atomic E-state index is 12.8. The van der Waals surface area contributed by atoms with E-state index in [1.54, 1.807) is 6.08 Å². The maximum Gasteiger partial charge on any atom is 0.264 e. The number of carbonyl (C=O) groups is 2. The van der Waals surface area contributed by atoms with Gasteiger partial charge in [-0.1, -0.05) is 24.6 Å². The summed E-state index contributed by atoms with van der Waals surface area (Å²) >= 11 is 0. The molecular formula is C25H32N4O2. The number of aryl methyl sites for hydroxylation is 4. The fraction of sp³-hybridized carbons (Fsp3) is 0.400. The third kappa shape index (κ3) is 5.64. The summed E-state index contributed by atoms with van der Waals surface area (Å²) in [5.41, 5.74) is 6.80. The summed E-state index contributed by atoms with van der Waals surface area (Å²) in [5.74, 6) is -0.778. The van der Waals surface area contributed by atoms with Crippen LogP contribution in [-0.2, 0) is 16.1 Å². The smallest absolute Gasteiger partial charge is 0.264 e. The van der Waals surface area contributed by atoms with E-state index in [2.05, 4.69) is 16.8 Å². The Morgan fingerprint density at radius 1 is 1.13 bits per heavy atom. The Bertz CT molecular complexity index is 1050. The maximum atomic E-state index is 12.8. The Balaban J connectivity index is 2.16. The molecule has 0 aliphatic carbocycles. The molecule has 0 aliphatic rings. The van der Waals surface area contributed by atoms with Crippen molar-refractivity contribution < 1.29 is 9.59 Å². The van der Waals surface area contributed by atoms with Crippen LogP contribution in [0.25, 0.3) is 6.08 Å². The second-order valence-electron chi connectivity index (χ2n) is 8.13. The number of carbonyl (C=O) groups excluding carboxylic acids is 2. The number of benzene rings is 1. The second-order valence-corrected chi connectivity index (χ2v) is 8.13. The van der Waals surface area contributed by atoms with Crippen molar-refractivity contribution in [2.24, 2.45) is 0 Å². The standard InChI is InChI=1S/C25H32N4O2/c1-8-9-29-19(5)12-21(20(29)6)13-22(14-26)25(31)28(7)15-23(30)27-24-17(3)10-16(2)11-18(24)4/h10-13H,8-9,15H2,1-7H3,(H,27,30)/b22-13+. The Labute approximate surface area is 185 Å². The van der Waals surface area contributed by atoms with E-state index in [-0.39, 0.29) is 18.0 Å². The molecule has 2 amide bonds. The molecule has 1 aromatic carbocycles. The number of nitriles is 1. The summed E-state index contributed by atoms with van der Waals surface area (Å²) in [6, 6.07) is 7.98. The van der Waals surface area contributed by atoms with Gasteiger partial charge >= 0.3 is 0 Å². The van der Waals surface area contributed by atoms with Crippen molar-refractivity contribution in [3.05, 3.63) is 57.4 Å². The van der Waals surface area contributed by atoms with Crippen molar-refractivity contribution in [1.82, 2.24) is 9.47 Å². The minimum absolute atomic E-state index is 0.00902. The molecule has 0 spiro atoms. The molecule has 0 atom stereocenters. The molecule has 31 heavy (non-hydrogen) atoms. The molecule has 1 heterocycles. The van der Waals surface area contributed by atoms with Gasteiger partial charge in [0, 0.05) is 30.7 Å². The molecular weight excluding hydrogens is 388 g/mol. The molecule has 2 aromatic rings. The second kappa shape index (κ2) is 10.1. The molecule has 0 radical (unpaired) electrons. The Hall–Kier alpha value is -3.33. The van der Waals surface area contributed by atoms with E-state index in [1.807, 2.05) is 58.9 Å². The number of amides is 2. The number of likely N-dealkylation sites (N-methyl/N-ethyl adjacent to an activating group) is 1. The van der Waals surface area contributed by atoms with Crippen LogP contribution in [0.5, 0.6) is 0 Å². The molecule has 0 saturated heterocycles. The van der Waals surface area contributed by atoms with Gasteiger partial charge in [-0.25, -0.2) is 0 Å². The van der Waals surface area contributed by atoms with Crippen LogP contribution in [0.3, 0.4) is 0 Å². The van der Waals surface area contributed by atoms with Crippen molar-refractivity contribution in [2.45, 2.75) is 54.5 Å². The van der Waals surface area contributed by atoms with Gasteiger partial charge in [0.25, 0.3) is 5.91 Å². The lowest BCUT2D eigenvalue weighted by molar-refractivity contribution is -0.129. The Morgan fingerprint density at radius 3 is 2.29 bits per heavy atom. The minimum Gasteiger partial charge on any atom is -0.349 e. The van der Waals surface area contributed by atoms with Crippen molar-refractivity contribution in [3.63, 3.8) is 0 Å². The normalized spacial score (nSPS) is 11.2. The molecule has 2 rings (SSSR count). The summed E-state index contributed by atoms with van der Waals surface area (Å²) < 4.78 is 2.18. The van der Waals surface area contributed by atoms with Gasteiger partial charge in [-0.2, -0.15) is 5.26 Å². The fourth-order valence-corrected chi connectivity index (χ4v) is 3.89. The highest BCUT2D eigenvalue weighted by molar-refractivity contribution is 6.04. The SMILES string of the molecule is CCCn1c(C)cc(/C=C(\C#N)C(=O)N(C)CC(=O)Nc2c(C)cc(C)cc2C)c1C. The summed E-state index contributed by atoms with van der Waals surface area (Å²) in [6.45, 7) is 12.7. The number of rotatable bonds is 7. The summed E-state index contributed by atoms with van der Waals surface area (Å²) in [5, 5.41) is 12.5. The number of hydrogen-bond acceptors (Lipinski definition) is 3. The predicted octanol–water partition coefficient (Wildman–Crippen LogP) is 4.44. The van der Waals surface area contributed by atoms with Crippen LogP contribution >= 0.6 is 0 Å². The fourth-order valence-electron chi connectivity index (χ4n) is 3.89. The van der Waals surface area contributed by atoms with Gasteiger partial charge in [-0.15, -0.1) is 0 Å². The molecule has 164 valence electrons. The number of hydrogen-bond donors (Lipinski definition) is 1. The van der Waals surface area contributed by atoms with E-state index in [9.17, 15) is 14.9 Å². The van der Waals surface area contributed by atoms with E-state index in [4.69, 9.17) is 0 Å². The monoisotopic (exact) mass is 420 g/mol. The van der Waals surface area contributed by atoms with Gasteiger partial charge < -0.3 is 14.8 Å². The van der Waals surface area contributed by atoms with Gasteiger partial charge in [0.15, 0.2) is 0 Å². The molecule has 6 heteroatoms. The lowest BCUT2D eigenvalue weighted by Gasteiger charge is -2.18. The minimum atomic E-state index is -0.477. The molecule has 1 N–H and O–H groups in total. The molecule has 0 unspecified atom stereocenters. The van der Waals surface area contributed by atoms with E-state index in [0.29, 0.717) is 0 Å². The summed E-state index contributed by atoms with van der Waals surface area (Å²) in [6.07, 6.45) is 2.61. The van der Waals surface area contributed by atoms with Crippen LogP contribution < -0.4 is 5.32 Å². The van der Waals surface area contributed by atoms with Gasteiger partial charge in [0.2, 0.25) is 5.91 Å². The van der Waals surface area contributed by atoms with Crippen LogP contribution in [0.15, 0.2) is 23.8 Å². The topological polar surface area (TPSA) is 78.1 Å². The summed E-state index contributed by atoms with van der Waals surface area (Å²) in [7, 11) is 1.53. The first kappa shape index (κ1) is 23.9. The number of anilines is 1. The Kier molecular flexibility index (Phi) is 7.82. The van der Waals surface area contributed by atoms with E-state index in [1.165, 1.54) is 11.9 Å². The first-order chi connectivity index (χ1) is 14.6. The van der Waals surface area contributed by atoms with Gasteiger partial charge in [-0.3, -0.25) is 9.59 Å². The first-order valence-corrected chi connectivity index (χ1v) is 10.5. The quantitative estimate of drug-likeness (QED) is 0.531. The highest BCUT2D eigenvalue weighted by atomic mass is 16.2. The van der Waals surface area contributed by atoms with Gasteiger partial charge in [0.05, 0.1) is 6.54 Å². The third-order valence-electron chi connectivity index (χ3n) is 5.38. The lowest BCUT2D eigenvalue weighted by atomic mass is 10.1. The van der Waals surface area contributed by atoms with Crippen LogP contribution in [0, 0.1) is 45.9 Å². The van der Waals surface area contributed by atoms with Crippen molar-refractivity contribution >= 4 is 23.6 Å². The number of aromatic nitrogens is 1. The molecule has 0 bridgehead atoms. The van der Waals surface area contributed by atoms with Crippen LogP contribution in [-0.4, -0.2) is 34.9 Å². The van der Waals surface area contributed by atoms with Crippen molar-refractivity contribution in [2.75, 3.05) is 18.9 Å². The van der Waals surface area contributed by atoms with Crippen LogP contribution in [0.2, 0.25) is 0 Å². The molecule has 1 aromatic heterocycles. The zero-order chi connectivity index (χ0) is 23.3. The third-order valence-corrected chi connectivity index (χ3v) is 5.38. The molecule has 0 fully saturated rings. The first-order valence-electron chi connectivity index (χ1n) is 10.5. The Morgan fingerprint density at radius 2 is 1.74 bits per heavy atom. The molecule has 0 aliphatic heterocycles. The van der Waals surface area contributed by atoms with E-state index < -0.39 is 5.91 Å². The predicted molar refractivity (Wildman–Crippen MR) is 125 cm³/mol. The largest absolute Gasteiger partial charge is 0.349 e. The lowest BCUT2D eigenvalue weighted by Crippen LogP contribution is -2.35. The van der Waals surface area contributed by atoms with Crippen LogP contribution in [0.1, 0.15) is 47.0 Å². The molecule has 0 saturated carbocycles. The average Bonchev–Trinajstić information content (AvgIpc) is 2.96. The summed E-state index contributed by atoms with van der Waals surface area (Å²) in [4.78, 5) is 26.6. The number of nitrogens with zero attached hydrogens (tertiary/aromatic N) is 3. The van der Waals surface area contributed by atoms with Gasteiger partial charge in [-0.05, 0) is 69.9 Å². The highest BCUT2D eigenvalue weighted by Crippen LogP contribution is 2.22. The number of nitrogens with one attached hydrogen (secondary N) is 1.